The Morgan fingerprint density at radius 2 is 2.40 bits per heavy atom. The lowest BCUT2D eigenvalue weighted by molar-refractivity contribution is 0.0792. The van der Waals surface area contributed by atoms with Gasteiger partial charge in [0.2, 0.25) is 0 Å². The van der Waals surface area contributed by atoms with Gasteiger partial charge >= 0.3 is 0 Å². The third-order valence-corrected chi connectivity index (χ3v) is 2.65. The Labute approximate surface area is 87.5 Å². The van der Waals surface area contributed by atoms with Crippen molar-refractivity contribution in [1.29, 1.82) is 5.26 Å². The minimum atomic E-state index is -0.305. The Morgan fingerprint density at radius 1 is 1.53 bits per heavy atom. The Bertz CT molecular complexity index is 439. The summed E-state index contributed by atoms with van der Waals surface area (Å²) in [5.74, 6) is 0.263. The van der Waals surface area contributed by atoms with Crippen molar-refractivity contribution in [3.8, 4) is 6.07 Å². The molecule has 0 spiro atoms. The van der Waals surface area contributed by atoms with E-state index < -0.39 is 0 Å². The number of aromatic amines is 1. The molecule has 1 aliphatic heterocycles. The van der Waals surface area contributed by atoms with Crippen molar-refractivity contribution in [2.75, 3.05) is 13.2 Å². The quantitative estimate of drug-likeness (QED) is 0.746. The fraction of sp³-hybridized carbons (Fsp3) is 0.455. The summed E-state index contributed by atoms with van der Waals surface area (Å²) < 4.78 is 5.35. The summed E-state index contributed by atoms with van der Waals surface area (Å²) in [4.78, 5) is 14.1. The van der Waals surface area contributed by atoms with Gasteiger partial charge in [0.05, 0.1) is 6.61 Å². The molecular weight excluding hydrogens is 192 g/mol. The van der Waals surface area contributed by atoms with Crippen LogP contribution in [0.5, 0.6) is 0 Å². The summed E-state index contributed by atoms with van der Waals surface area (Å²) in [6.07, 6.45) is 2.05. The topological polar surface area (TPSA) is 65.9 Å². The van der Waals surface area contributed by atoms with Crippen LogP contribution in [0.3, 0.4) is 0 Å². The summed E-state index contributed by atoms with van der Waals surface area (Å²) in [5.41, 5.74) is 0.731. The highest BCUT2D eigenvalue weighted by Gasteiger charge is 2.17. The number of aromatic nitrogens is 1. The minimum Gasteiger partial charge on any atom is -0.381 e. The number of nitrogens with one attached hydrogen (secondary N) is 1. The van der Waals surface area contributed by atoms with Gasteiger partial charge in [0.15, 0.2) is 0 Å². The molecule has 0 saturated carbocycles. The molecule has 0 aliphatic carbocycles. The Hall–Kier alpha value is -1.60. The first kappa shape index (κ1) is 9.94. The highest BCUT2D eigenvalue weighted by Crippen LogP contribution is 2.22. The molecule has 4 nitrogen and oxygen atoms in total. The van der Waals surface area contributed by atoms with Gasteiger partial charge < -0.3 is 9.72 Å². The van der Waals surface area contributed by atoms with Crippen molar-refractivity contribution in [2.24, 2.45) is 0 Å². The predicted octanol–water partition coefficient (Wildman–Crippen LogP) is 1.14. The molecule has 0 aromatic carbocycles. The Kier molecular flexibility index (Phi) is 2.84. The highest BCUT2D eigenvalue weighted by atomic mass is 16.5. The Morgan fingerprint density at radius 3 is 3.00 bits per heavy atom. The van der Waals surface area contributed by atoms with Crippen molar-refractivity contribution in [3.63, 3.8) is 0 Å². The monoisotopic (exact) mass is 204 g/mol. The first-order valence-corrected chi connectivity index (χ1v) is 5.02. The molecule has 78 valence electrons. The van der Waals surface area contributed by atoms with Crippen LogP contribution in [-0.2, 0) is 4.74 Å². The maximum Gasteiger partial charge on any atom is 0.266 e. The third kappa shape index (κ3) is 2.08. The van der Waals surface area contributed by atoms with E-state index in [-0.39, 0.29) is 17.0 Å². The first-order valence-electron chi connectivity index (χ1n) is 5.02. The van der Waals surface area contributed by atoms with Crippen LogP contribution >= 0.6 is 0 Å². The van der Waals surface area contributed by atoms with Gasteiger partial charge in [0.25, 0.3) is 5.56 Å². The smallest absolute Gasteiger partial charge is 0.266 e. The molecule has 1 aromatic heterocycles. The average Bonchev–Trinajstić information content (AvgIpc) is 2.30. The van der Waals surface area contributed by atoms with Gasteiger partial charge in [-0.25, -0.2) is 0 Å². The predicted molar refractivity (Wildman–Crippen MR) is 54.6 cm³/mol. The van der Waals surface area contributed by atoms with Crippen LogP contribution < -0.4 is 5.56 Å². The Balaban J connectivity index is 2.26. The molecule has 2 rings (SSSR count). The van der Waals surface area contributed by atoms with Gasteiger partial charge in [-0.05, 0) is 25.0 Å². The van der Waals surface area contributed by atoms with E-state index in [1.165, 1.54) is 0 Å². The first-order chi connectivity index (χ1) is 7.31. The van der Waals surface area contributed by atoms with Crippen LogP contribution in [0.1, 0.15) is 30.0 Å². The summed E-state index contributed by atoms with van der Waals surface area (Å²) in [6.45, 7) is 1.46. The molecule has 2 heterocycles. The van der Waals surface area contributed by atoms with Crippen LogP contribution in [0.25, 0.3) is 0 Å². The van der Waals surface area contributed by atoms with E-state index in [2.05, 4.69) is 4.98 Å². The summed E-state index contributed by atoms with van der Waals surface area (Å²) in [6, 6.07) is 5.23. The number of hydrogen-bond acceptors (Lipinski definition) is 3. The van der Waals surface area contributed by atoms with Crippen molar-refractivity contribution in [1.82, 2.24) is 4.98 Å². The summed E-state index contributed by atoms with van der Waals surface area (Å²) in [5, 5.41) is 8.62. The standard InChI is InChI=1S/C11H12N2O2/c12-6-8-3-4-10(13-11(8)14)9-2-1-5-15-7-9/h3-4,9H,1-2,5,7H2,(H,13,14). The fourth-order valence-electron chi connectivity index (χ4n) is 1.80. The van der Waals surface area contributed by atoms with E-state index in [0.29, 0.717) is 6.61 Å². The summed E-state index contributed by atoms with van der Waals surface area (Å²) in [7, 11) is 0. The molecule has 1 fully saturated rings. The van der Waals surface area contributed by atoms with Crippen LogP contribution in [0.2, 0.25) is 0 Å². The maximum atomic E-state index is 11.4. The van der Waals surface area contributed by atoms with E-state index in [4.69, 9.17) is 10.00 Å². The molecule has 4 heteroatoms. The lowest BCUT2D eigenvalue weighted by atomic mass is 9.98. The molecule has 1 N–H and O–H groups in total. The molecule has 1 aromatic rings. The molecular formula is C11H12N2O2. The van der Waals surface area contributed by atoms with Crippen molar-refractivity contribution < 1.29 is 4.74 Å². The zero-order valence-electron chi connectivity index (χ0n) is 8.32. The largest absolute Gasteiger partial charge is 0.381 e. The number of ether oxygens (including phenoxy) is 1. The zero-order valence-corrected chi connectivity index (χ0v) is 8.32. The second-order valence-corrected chi connectivity index (χ2v) is 3.68. The molecule has 1 saturated heterocycles. The van der Waals surface area contributed by atoms with Crippen molar-refractivity contribution in [2.45, 2.75) is 18.8 Å². The lowest BCUT2D eigenvalue weighted by Crippen LogP contribution is -2.20. The molecule has 15 heavy (non-hydrogen) atoms. The molecule has 0 radical (unpaired) electrons. The van der Waals surface area contributed by atoms with Gasteiger partial charge in [-0.15, -0.1) is 0 Å². The maximum absolute atomic E-state index is 11.4. The van der Waals surface area contributed by atoms with E-state index in [1.807, 2.05) is 6.07 Å². The van der Waals surface area contributed by atoms with Gasteiger partial charge in [-0.3, -0.25) is 4.79 Å². The minimum absolute atomic E-state index is 0.162. The molecule has 1 unspecified atom stereocenters. The third-order valence-electron chi connectivity index (χ3n) is 2.65. The number of nitriles is 1. The lowest BCUT2D eigenvalue weighted by Gasteiger charge is -2.21. The molecule has 0 bridgehead atoms. The normalized spacial score (nSPS) is 20.9. The number of rotatable bonds is 1. The molecule has 1 atom stereocenters. The fourth-order valence-corrected chi connectivity index (χ4v) is 1.80. The molecule has 1 aliphatic rings. The number of H-pyrrole nitrogens is 1. The second-order valence-electron chi connectivity index (χ2n) is 3.68. The number of pyridine rings is 1. The van der Waals surface area contributed by atoms with Gasteiger partial charge in [-0.2, -0.15) is 5.26 Å². The SMILES string of the molecule is N#Cc1ccc(C2CCCOC2)[nH]c1=O. The van der Waals surface area contributed by atoms with E-state index in [1.54, 1.807) is 12.1 Å². The van der Waals surface area contributed by atoms with Crippen LogP contribution in [0, 0.1) is 11.3 Å². The van der Waals surface area contributed by atoms with Crippen molar-refractivity contribution in [3.05, 3.63) is 33.7 Å². The molecule has 0 amide bonds. The summed E-state index contributed by atoms with van der Waals surface area (Å²) >= 11 is 0. The van der Waals surface area contributed by atoms with Crippen LogP contribution in [-0.4, -0.2) is 18.2 Å². The van der Waals surface area contributed by atoms with Gasteiger partial charge in [0, 0.05) is 18.2 Å². The van der Waals surface area contributed by atoms with Crippen LogP contribution in [0.4, 0.5) is 0 Å². The number of nitrogens with zero attached hydrogens (tertiary/aromatic N) is 1. The zero-order chi connectivity index (χ0) is 10.7. The van der Waals surface area contributed by atoms with E-state index in [9.17, 15) is 4.79 Å². The van der Waals surface area contributed by atoms with Gasteiger partial charge in [0.1, 0.15) is 11.6 Å². The van der Waals surface area contributed by atoms with E-state index >= 15 is 0 Å². The number of hydrogen-bond donors (Lipinski definition) is 1. The average molecular weight is 204 g/mol. The van der Waals surface area contributed by atoms with Gasteiger partial charge in [-0.1, -0.05) is 0 Å². The van der Waals surface area contributed by atoms with Crippen molar-refractivity contribution >= 4 is 0 Å². The highest BCUT2D eigenvalue weighted by molar-refractivity contribution is 5.27. The van der Waals surface area contributed by atoms with Crippen LogP contribution in [0.15, 0.2) is 16.9 Å². The second kappa shape index (κ2) is 4.28. The van der Waals surface area contributed by atoms with E-state index in [0.717, 1.165) is 25.1 Å².